The minimum absolute atomic E-state index is 0.130. The number of rotatable bonds is 1. The van der Waals surface area contributed by atoms with Crippen LogP contribution in [0.5, 0.6) is 0 Å². The lowest BCUT2D eigenvalue weighted by Crippen LogP contribution is -2.20. The first-order chi connectivity index (χ1) is 10.1. The van der Waals surface area contributed by atoms with Gasteiger partial charge in [-0.05, 0) is 29.8 Å². The number of carbonyl (C=O) groups is 1. The number of anilines is 1. The molecule has 1 aliphatic rings. The average Bonchev–Trinajstić information content (AvgIpc) is 2.97. The van der Waals surface area contributed by atoms with E-state index in [9.17, 15) is 4.79 Å². The number of hydrogen-bond acceptors (Lipinski definition) is 3. The summed E-state index contributed by atoms with van der Waals surface area (Å²) in [7, 11) is 3.79. The van der Waals surface area contributed by atoms with Crippen LogP contribution in [-0.2, 0) is 18.3 Å². The van der Waals surface area contributed by atoms with Gasteiger partial charge in [0, 0.05) is 26.0 Å². The minimum atomic E-state index is 0.130. The van der Waals surface area contributed by atoms with Crippen molar-refractivity contribution < 1.29 is 4.79 Å². The second kappa shape index (κ2) is 4.15. The van der Waals surface area contributed by atoms with Crippen molar-refractivity contribution in [3.8, 4) is 11.5 Å². The monoisotopic (exact) mass is 278 g/mol. The Morgan fingerprint density at radius 2 is 2.05 bits per heavy atom. The molecule has 0 saturated heterocycles. The predicted molar refractivity (Wildman–Crippen MR) is 81.1 cm³/mol. The molecule has 3 heterocycles. The van der Waals surface area contributed by atoms with Crippen molar-refractivity contribution in [3.63, 3.8) is 0 Å². The minimum Gasteiger partial charge on any atom is -0.326 e. The molecule has 0 aliphatic carbocycles. The fourth-order valence-electron chi connectivity index (χ4n) is 2.86. The van der Waals surface area contributed by atoms with Crippen molar-refractivity contribution in [3.05, 3.63) is 42.1 Å². The zero-order valence-corrected chi connectivity index (χ0v) is 11.9. The summed E-state index contributed by atoms with van der Waals surface area (Å²) in [4.78, 5) is 22.5. The lowest BCUT2D eigenvalue weighted by Gasteiger charge is -2.09. The van der Waals surface area contributed by atoms with E-state index < -0.39 is 0 Å². The molecule has 0 N–H and O–H groups in total. The number of likely N-dealkylation sites (N-methyl/N-ethyl adjacent to an activating group) is 1. The molecule has 0 spiro atoms. The SMILES string of the molecule is CN1C(=O)Cc2cc3c(cc21)nc(-c1ccccn1)n3C. The van der Waals surface area contributed by atoms with Gasteiger partial charge in [-0.1, -0.05) is 6.07 Å². The van der Waals surface area contributed by atoms with Gasteiger partial charge >= 0.3 is 0 Å². The van der Waals surface area contributed by atoms with Crippen molar-refractivity contribution in [2.24, 2.45) is 7.05 Å². The summed E-state index contributed by atoms with van der Waals surface area (Å²) in [5.74, 6) is 0.966. The fourth-order valence-corrected chi connectivity index (χ4v) is 2.86. The van der Waals surface area contributed by atoms with Crippen molar-refractivity contribution >= 4 is 22.6 Å². The molecular formula is C16H14N4O. The largest absolute Gasteiger partial charge is 0.326 e. The van der Waals surface area contributed by atoms with Gasteiger partial charge in [0.25, 0.3) is 0 Å². The third kappa shape index (κ3) is 1.67. The Morgan fingerprint density at radius 1 is 1.19 bits per heavy atom. The Kier molecular flexibility index (Phi) is 2.39. The van der Waals surface area contributed by atoms with E-state index in [0.717, 1.165) is 33.8 Å². The maximum Gasteiger partial charge on any atom is 0.231 e. The number of aryl methyl sites for hydroxylation is 1. The molecule has 104 valence electrons. The summed E-state index contributed by atoms with van der Waals surface area (Å²) in [6.07, 6.45) is 2.23. The van der Waals surface area contributed by atoms with Crippen LogP contribution in [0, 0.1) is 0 Å². The van der Waals surface area contributed by atoms with E-state index in [1.165, 1.54) is 0 Å². The van der Waals surface area contributed by atoms with Gasteiger partial charge in [-0.25, -0.2) is 4.98 Å². The summed E-state index contributed by atoms with van der Waals surface area (Å²) in [6, 6.07) is 9.84. The van der Waals surface area contributed by atoms with Crippen LogP contribution in [0.2, 0.25) is 0 Å². The summed E-state index contributed by atoms with van der Waals surface area (Å²) in [5.41, 5.74) is 4.78. The molecule has 0 atom stereocenters. The molecular weight excluding hydrogens is 264 g/mol. The van der Waals surface area contributed by atoms with Crippen LogP contribution in [0.4, 0.5) is 5.69 Å². The molecule has 5 heteroatoms. The van der Waals surface area contributed by atoms with E-state index in [1.54, 1.807) is 11.1 Å². The van der Waals surface area contributed by atoms with Crippen LogP contribution < -0.4 is 4.90 Å². The Hall–Kier alpha value is -2.69. The van der Waals surface area contributed by atoms with Gasteiger partial charge in [-0.3, -0.25) is 9.78 Å². The van der Waals surface area contributed by atoms with Crippen LogP contribution in [-0.4, -0.2) is 27.5 Å². The highest BCUT2D eigenvalue weighted by Crippen LogP contribution is 2.33. The Bertz CT molecular complexity index is 867. The van der Waals surface area contributed by atoms with Gasteiger partial charge in [0.05, 0.1) is 17.5 Å². The van der Waals surface area contributed by atoms with Gasteiger partial charge in [-0.2, -0.15) is 0 Å². The fraction of sp³-hybridized carbons (Fsp3) is 0.188. The summed E-state index contributed by atoms with van der Waals surface area (Å²) >= 11 is 0. The topological polar surface area (TPSA) is 51.0 Å². The number of carbonyl (C=O) groups excluding carboxylic acids is 1. The molecule has 4 rings (SSSR count). The summed E-state index contributed by atoms with van der Waals surface area (Å²) in [6.45, 7) is 0. The number of pyridine rings is 1. The maximum atomic E-state index is 11.8. The van der Waals surface area contributed by atoms with E-state index in [-0.39, 0.29) is 5.91 Å². The Labute approximate surface area is 121 Å². The van der Waals surface area contributed by atoms with Crippen molar-refractivity contribution in [1.29, 1.82) is 0 Å². The second-order valence-electron chi connectivity index (χ2n) is 5.31. The molecule has 1 aromatic carbocycles. The third-order valence-corrected chi connectivity index (χ3v) is 4.05. The van der Waals surface area contributed by atoms with Gasteiger partial charge in [0.1, 0.15) is 5.69 Å². The Balaban J connectivity index is 1.95. The number of fused-ring (bicyclic) bond motifs is 2. The number of hydrogen-bond donors (Lipinski definition) is 0. The first kappa shape index (κ1) is 12.1. The molecule has 2 aromatic heterocycles. The highest BCUT2D eigenvalue weighted by atomic mass is 16.2. The van der Waals surface area contributed by atoms with Gasteiger partial charge < -0.3 is 9.47 Å². The standard InChI is InChI=1S/C16H14N4O/c1-19-13-9-12-14(7-10(13)8-15(19)21)20(2)16(18-12)11-5-3-4-6-17-11/h3-7,9H,8H2,1-2H3. The third-order valence-electron chi connectivity index (χ3n) is 4.05. The zero-order valence-electron chi connectivity index (χ0n) is 11.9. The highest BCUT2D eigenvalue weighted by Gasteiger charge is 2.25. The molecule has 5 nitrogen and oxygen atoms in total. The zero-order chi connectivity index (χ0) is 14.6. The predicted octanol–water partition coefficient (Wildman–Crippen LogP) is 2.15. The number of imidazole rings is 1. The molecule has 0 fully saturated rings. The van der Waals surface area contributed by atoms with Crippen LogP contribution in [0.1, 0.15) is 5.56 Å². The molecule has 0 unspecified atom stereocenters. The van der Waals surface area contributed by atoms with Crippen molar-refractivity contribution in [2.45, 2.75) is 6.42 Å². The quantitative estimate of drug-likeness (QED) is 0.685. The van der Waals surface area contributed by atoms with Crippen molar-refractivity contribution in [2.75, 3.05) is 11.9 Å². The van der Waals surface area contributed by atoms with E-state index in [0.29, 0.717) is 6.42 Å². The van der Waals surface area contributed by atoms with E-state index in [2.05, 4.69) is 16.0 Å². The molecule has 0 bridgehead atoms. The number of aromatic nitrogens is 3. The number of benzene rings is 1. The van der Waals surface area contributed by atoms with Crippen molar-refractivity contribution in [1.82, 2.24) is 14.5 Å². The molecule has 1 aliphatic heterocycles. The van der Waals surface area contributed by atoms with E-state index in [1.807, 2.05) is 42.9 Å². The lowest BCUT2D eigenvalue weighted by atomic mass is 10.1. The summed E-state index contributed by atoms with van der Waals surface area (Å²) < 4.78 is 2.03. The number of nitrogens with zero attached hydrogens (tertiary/aromatic N) is 4. The maximum absolute atomic E-state index is 11.8. The second-order valence-corrected chi connectivity index (χ2v) is 5.31. The van der Waals surface area contributed by atoms with Crippen LogP contribution in [0.25, 0.3) is 22.6 Å². The molecule has 3 aromatic rings. The van der Waals surface area contributed by atoms with Gasteiger partial charge in [0.2, 0.25) is 5.91 Å². The normalized spacial score (nSPS) is 14.0. The first-order valence-corrected chi connectivity index (χ1v) is 6.82. The number of amides is 1. The lowest BCUT2D eigenvalue weighted by molar-refractivity contribution is -0.117. The smallest absolute Gasteiger partial charge is 0.231 e. The van der Waals surface area contributed by atoms with E-state index in [4.69, 9.17) is 0 Å². The van der Waals surface area contributed by atoms with Crippen LogP contribution in [0.3, 0.4) is 0 Å². The molecule has 1 amide bonds. The van der Waals surface area contributed by atoms with Crippen LogP contribution >= 0.6 is 0 Å². The molecule has 21 heavy (non-hydrogen) atoms. The van der Waals surface area contributed by atoms with Crippen LogP contribution in [0.15, 0.2) is 36.5 Å². The van der Waals surface area contributed by atoms with Gasteiger partial charge in [0.15, 0.2) is 5.82 Å². The average molecular weight is 278 g/mol. The summed E-state index contributed by atoms with van der Waals surface area (Å²) in [5, 5.41) is 0. The Morgan fingerprint density at radius 3 is 2.81 bits per heavy atom. The van der Waals surface area contributed by atoms with E-state index >= 15 is 0 Å². The molecule has 0 saturated carbocycles. The molecule has 0 radical (unpaired) electrons. The van der Waals surface area contributed by atoms with Gasteiger partial charge in [-0.15, -0.1) is 0 Å². The first-order valence-electron chi connectivity index (χ1n) is 6.82. The highest BCUT2D eigenvalue weighted by molar-refractivity contribution is 6.03.